The van der Waals surface area contributed by atoms with E-state index < -0.39 is 0 Å². The predicted molar refractivity (Wildman–Crippen MR) is 63.2 cm³/mol. The normalized spacial score (nSPS) is 11.1. The van der Waals surface area contributed by atoms with Crippen molar-refractivity contribution in [1.82, 2.24) is 9.78 Å². The molecule has 0 aliphatic carbocycles. The molecule has 0 atom stereocenters. The maximum Gasteiger partial charge on any atom is 0.133 e. The highest BCUT2D eigenvalue weighted by Gasteiger charge is 2.07. The first-order valence-electron chi connectivity index (χ1n) is 5.23. The highest BCUT2D eigenvalue weighted by atomic mass is 16.3. The monoisotopic (exact) mass is 212 g/mol. The maximum absolute atomic E-state index is 5.39. The molecule has 16 heavy (non-hydrogen) atoms. The summed E-state index contributed by atoms with van der Waals surface area (Å²) in [5.41, 5.74) is 3.28. The van der Waals surface area contributed by atoms with Gasteiger partial charge in [-0.05, 0) is 37.3 Å². The fourth-order valence-corrected chi connectivity index (χ4v) is 1.92. The van der Waals surface area contributed by atoms with E-state index in [0.717, 1.165) is 16.8 Å². The van der Waals surface area contributed by atoms with Gasteiger partial charge in [0.2, 0.25) is 0 Å². The second-order valence-corrected chi connectivity index (χ2v) is 3.92. The van der Waals surface area contributed by atoms with Gasteiger partial charge >= 0.3 is 0 Å². The Morgan fingerprint density at radius 1 is 1.25 bits per heavy atom. The van der Waals surface area contributed by atoms with Crippen LogP contribution in [0.5, 0.6) is 0 Å². The molecule has 1 aromatic carbocycles. The number of furan rings is 1. The summed E-state index contributed by atoms with van der Waals surface area (Å²) in [5, 5.41) is 5.60. The van der Waals surface area contributed by atoms with Crippen molar-refractivity contribution in [1.29, 1.82) is 0 Å². The number of aromatic nitrogens is 2. The zero-order valence-electron chi connectivity index (χ0n) is 9.27. The van der Waals surface area contributed by atoms with Gasteiger partial charge in [-0.3, -0.25) is 4.68 Å². The zero-order valence-corrected chi connectivity index (χ0v) is 9.27. The molecule has 2 heterocycles. The van der Waals surface area contributed by atoms with Gasteiger partial charge < -0.3 is 4.42 Å². The average Bonchev–Trinajstić information content (AvgIpc) is 2.89. The third kappa shape index (κ3) is 1.25. The largest absolute Gasteiger partial charge is 0.464 e. The van der Waals surface area contributed by atoms with Crippen molar-refractivity contribution < 1.29 is 4.42 Å². The summed E-state index contributed by atoms with van der Waals surface area (Å²) in [5.74, 6) is 0.894. The lowest BCUT2D eigenvalue weighted by Gasteiger charge is -1.97. The van der Waals surface area contributed by atoms with Crippen molar-refractivity contribution >= 4 is 10.9 Å². The van der Waals surface area contributed by atoms with Crippen LogP contribution in [0.4, 0.5) is 0 Å². The molecule has 3 aromatic rings. The van der Waals surface area contributed by atoms with Gasteiger partial charge in [0.1, 0.15) is 5.76 Å². The van der Waals surface area contributed by atoms with Gasteiger partial charge in [-0.15, -0.1) is 0 Å². The van der Waals surface area contributed by atoms with Crippen LogP contribution in [0.3, 0.4) is 0 Å². The molecule has 0 aliphatic heterocycles. The molecule has 0 N–H and O–H groups in total. The van der Waals surface area contributed by atoms with E-state index in [1.807, 2.05) is 36.0 Å². The maximum atomic E-state index is 5.39. The number of hydrogen-bond acceptors (Lipinski definition) is 2. The summed E-state index contributed by atoms with van der Waals surface area (Å²) >= 11 is 0. The van der Waals surface area contributed by atoms with E-state index in [1.165, 1.54) is 11.1 Å². The molecule has 3 nitrogen and oxygen atoms in total. The van der Waals surface area contributed by atoms with E-state index in [9.17, 15) is 0 Å². The molecule has 2 aromatic heterocycles. The Labute approximate surface area is 93.3 Å². The quantitative estimate of drug-likeness (QED) is 0.620. The van der Waals surface area contributed by atoms with Crippen LogP contribution < -0.4 is 0 Å². The Morgan fingerprint density at radius 3 is 2.88 bits per heavy atom. The fraction of sp³-hybridized carbons (Fsp3) is 0.154. The van der Waals surface area contributed by atoms with Crippen LogP contribution in [-0.2, 0) is 7.05 Å². The topological polar surface area (TPSA) is 31.0 Å². The molecule has 0 spiro atoms. The Bertz CT molecular complexity index is 635. The predicted octanol–water partition coefficient (Wildman–Crippen LogP) is 3.14. The van der Waals surface area contributed by atoms with Crippen molar-refractivity contribution in [3.8, 4) is 11.3 Å². The molecular formula is C13H12N2O. The smallest absolute Gasteiger partial charge is 0.133 e. The van der Waals surface area contributed by atoms with Crippen LogP contribution >= 0.6 is 0 Å². The van der Waals surface area contributed by atoms with E-state index in [2.05, 4.69) is 18.1 Å². The Balaban J connectivity index is 2.26. The number of fused-ring (bicyclic) bond motifs is 1. The summed E-state index contributed by atoms with van der Waals surface area (Å²) < 4.78 is 7.29. The molecule has 0 radical (unpaired) electrons. The van der Waals surface area contributed by atoms with Gasteiger partial charge in [-0.2, -0.15) is 5.10 Å². The first kappa shape index (κ1) is 9.21. The lowest BCUT2D eigenvalue weighted by Crippen LogP contribution is -1.91. The van der Waals surface area contributed by atoms with Gasteiger partial charge in [0.15, 0.2) is 0 Å². The lowest BCUT2D eigenvalue weighted by atomic mass is 10.1. The van der Waals surface area contributed by atoms with Gasteiger partial charge in [-0.1, -0.05) is 0 Å². The molecule has 0 aliphatic rings. The molecule has 0 amide bonds. The highest BCUT2D eigenvalue weighted by molar-refractivity contribution is 5.85. The van der Waals surface area contributed by atoms with Crippen LogP contribution in [0.25, 0.3) is 22.2 Å². The molecule has 0 unspecified atom stereocenters. The second-order valence-electron chi connectivity index (χ2n) is 3.92. The van der Waals surface area contributed by atoms with Crippen molar-refractivity contribution in [2.24, 2.45) is 7.05 Å². The van der Waals surface area contributed by atoms with Crippen LogP contribution in [0.15, 0.2) is 41.0 Å². The fourth-order valence-electron chi connectivity index (χ4n) is 1.92. The standard InChI is InChI=1S/C13H12N2O/c1-9-11-8-10(13-4-3-7-16-13)5-6-12(11)14-15(9)2/h3-8H,1-2H3. The number of aryl methyl sites for hydroxylation is 2. The minimum absolute atomic E-state index is 0.894. The molecule has 3 heteroatoms. The minimum atomic E-state index is 0.894. The van der Waals surface area contributed by atoms with E-state index in [-0.39, 0.29) is 0 Å². The lowest BCUT2D eigenvalue weighted by molar-refractivity contribution is 0.582. The van der Waals surface area contributed by atoms with Gasteiger partial charge in [-0.25, -0.2) is 0 Å². The Hall–Kier alpha value is -2.03. The van der Waals surface area contributed by atoms with Crippen molar-refractivity contribution in [2.75, 3.05) is 0 Å². The molecule has 0 saturated heterocycles. The van der Waals surface area contributed by atoms with E-state index >= 15 is 0 Å². The molecule has 3 rings (SSSR count). The van der Waals surface area contributed by atoms with E-state index in [4.69, 9.17) is 4.42 Å². The van der Waals surface area contributed by atoms with Crippen molar-refractivity contribution in [3.05, 3.63) is 42.3 Å². The summed E-state index contributed by atoms with van der Waals surface area (Å²) in [4.78, 5) is 0. The highest BCUT2D eigenvalue weighted by Crippen LogP contribution is 2.25. The minimum Gasteiger partial charge on any atom is -0.464 e. The molecule has 0 fully saturated rings. The van der Waals surface area contributed by atoms with Gasteiger partial charge in [0, 0.05) is 23.7 Å². The number of nitrogens with zero attached hydrogens (tertiary/aromatic N) is 2. The van der Waals surface area contributed by atoms with Crippen LogP contribution in [0, 0.1) is 6.92 Å². The van der Waals surface area contributed by atoms with E-state index in [0.29, 0.717) is 0 Å². The van der Waals surface area contributed by atoms with Gasteiger partial charge in [0.05, 0.1) is 11.8 Å². The first-order valence-corrected chi connectivity index (χ1v) is 5.23. The summed E-state index contributed by atoms with van der Waals surface area (Å²) in [6.07, 6.45) is 1.69. The number of benzene rings is 1. The Kier molecular flexibility index (Phi) is 1.86. The van der Waals surface area contributed by atoms with Crippen LogP contribution in [0.2, 0.25) is 0 Å². The van der Waals surface area contributed by atoms with Crippen molar-refractivity contribution in [3.63, 3.8) is 0 Å². The average molecular weight is 212 g/mol. The third-order valence-corrected chi connectivity index (χ3v) is 2.94. The summed E-state index contributed by atoms with van der Waals surface area (Å²) in [7, 11) is 1.96. The first-order chi connectivity index (χ1) is 7.75. The SMILES string of the molecule is Cc1c2cc(-c3ccco3)ccc2nn1C. The Morgan fingerprint density at radius 2 is 2.12 bits per heavy atom. The summed E-state index contributed by atoms with van der Waals surface area (Å²) in [6, 6.07) is 10.0. The molecule has 80 valence electrons. The number of hydrogen-bond donors (Lipinski definition) is 0. The molecular weight excluding hydrogens is 200 g/mol. The number of rotatable bonds is 1. The zero-order chi connectivity index (χ0) is 11.1. The summed E-state index contributed by atoms with van der Waals surface area (Å²) in [6.45, 7) is 2.07. The molecule has 0 saturated carbocycles. The van der Waals surface area contributed by atoms with Gasteiger partial charge in [0.25, 0.3) is 0 Å². The third-order valence-electron chi connectivity index (χ3n) is 2.94. The van der Waals surface area contributed by atoms with Crippen LogP contribution in [0.1, 0.15) is 5.69 Å². The van der Waals surface area contributed by atoms with E-state index in [1.54, 1.807) is 6.26 Å². The van der Waals surface area contributed by atoms with Crippen molar-refractivity contribution in [2.45, 2.75) is 6.92 Å². The van der Waals surface area contributed by atoms with Crippen LogP contribution in [-0.4, -0.2) is 9.78 Å². The molecule has 0 bridgehead atoms. The second kappa shape index (κ2) is 3.23.